The molecule has 84 valence electrons. The molecule has 2 atom stereocenters. The lowest BCUT2D eigenvalue weighted by molar-refractivity contribution is 0.367. The Balaban J connectivity index is 1.99. The van der Waals surface area contributed by atoms with E-state index in [4.69, 9.17) is 10.3 Å². The Bertz CT molecular complexity index is 310. The maximum Gasteiger partial charge on any atom is 0.228 e. The molecule has 2 unspecified atom stereocenters. The largest absolute Gasteiger partial charge is 0.339 e. The third-order valence-corrected chi connectivity index (χ3v) is 4.84. The summed E-state index contributed by atoms with van der Waals surface area (Å²) in [4.78, 5) is 4.38. The SMILES string of the molecule is CC(N)Cc1nc(C2CSCCS2)no1. The van der Waals surface area contributed by atoms with E-state index in [0.29, 0.717) is 17.6 Å². The van der Waals surface area contributed by atoms with Gasteiger partial charge < -0.3 is 10.3 Å². The van der Waals surface area contributed by atoms with Crippen molar-refractivity contribution < 1.29 is 4.52 Å². The van der Waals surface area contributed by atoms with Crippen LogP contribution >= 0.6 is 23.5 Å². The molecule has 4 nitrogen and oxygen atoms in total. The molecular formula is C9H15N3OS2. The fraction of sp³-hybridized carbons (Fsp3) is 0.778. The van der Waals surface area contributed by atoms with Gasteiger partial charge in [-0.15, -0.1) is 11.8 Å². The molecule has 0 aromatic carbocycles. The van der Waals surface area contributed by atoms with Crippen LogP contribution in [0.4, 0.5) is 0 Å². The van der Waals surface area contributed by atoms with Crippen molar-refractivity contribution in [1.82, 2.24) is 10.1 Å². The summed E-state index contributed by atoms with van der Waals surface area (Å²) in [7, 11) is 0. The number of nitrogens with two attached hydrogens (primary N) is 1. The summed E-state index contributed by atoms with van der Waals surface area (Å²) in [6, 6.07) is 0.0756. The number of rotatable bonds is 3. The van der Waals surface area contributed by atoms with Crippen molar-refractivity contribution in [3.63, 3.8) is 0 Å². The molecule has 0 aliphatic carbocycles. The zero-order valence-electron chi connectivity index (χ0n) is 8.68. The average molecular weight is 245 g/mol. The smallest absolute Gasteiger partial charge is 0.228 e. The molecule has 1 aliphatic rings. The molecule has 0 bridgehead atoms. The third kappa shape index (κ3) is 3.12. The molecule has 0 saturated carbocycles. The molecule has 1 aromatic heterocycles. The van der Waals surface area contributed by atoms with Gasteiger partial charge in [-0.25, -0.2) is 0 Å². The van der Waals surface area contributed by atoms with Crippen LogP contribution in [0.2, 0.25) is 0 Å². The van der Waals surface area contributed by atoms with Crippen molar-refractivity contribution in [2.75, 3.05) is 17.3 Å². The number of thioether (sulfide) groups is 2. The summed E-state index contributed by atoms with van der Waals surface area (Å²) in [6.07, 6.45) is 0.664. The van der Waals surface area contributed by atoms with Crippen LogP contribution in [0, 0.1) is 0 Å². The van der Waals surface area contributed by atoms with E-state index in [1.54, 1.807) is 0 Å². The Labute approximate surface area is 97.8 Å². The first kappa shape index (κ1) is 11.3. The van der Waals surface area contributed by atoms with Gasteiger partial charge in [-0.3, -0.25) is 0 Å². The van der Waals surface area contributed by atoms with Crippen molar-refractivity contribution in [2.24, 2.45) is 5.73 Å². The van der Waals surface area contributed by atoms with Gasteiger partial charge in [0.05, 0.1) is 5.25 Å². The molecule has 0 amide bonds. The lowest BCUT2D eigenvalue weighted by Crippen LogP contribution is -2.18. The molecule has 2 rings (SSSR count). The molecule has 1 aliphatic heterocycles. The zero-order chi connectivity index (χ0) is 10.7. The molecule has 1 saturated heterocycles. The Hall–Kier alpha value is -0.200. The average Bonchev–Trinajstić information content (AvgIpc) is 2.67. The normalized spacial score (nSPS) is 24.0. The standard InChI is InChI=1S/C9H15N3OS2/c1-6(10)4-8-11-9(12-13-8)7-5-14-2-3-15-7/h6-7H,2-5,10H2,1H3. The Morgan fingerprint density at radius 1 is 1.60 bits per heavy atom. The van der Waals surface area contributed by atoms with Crippen molar-refractivity contribution in [3.8, 4) is 0 Å². The van der Waals surface area contributed by atoms with E-state index in [9.17, 15) is 0 Å². The highest BCUT2D eigenvalue weighted by Crippen LogP contribution is 2.35. The van der Waals surface area contributed by atoms with Gasteiger partial charge in [0.15, 0.2) is 5.82 Å². The fourth-order valence-electron chi connectivity index (χ4n) is 1.39. The number of hydrogen-bond acceptors (Lipinski definition) is 6. The zero-order valence-corrected chi connectivity index (χ0v) is 10.3. The summed E-state index contributed by atoms with van der Waals surface area (Å²) in [5, 5.41) is 4.41. The maximum atomic E-state index is 5.68. The summed E-state index contributed by atoms with van der Waals surface area (Å²) < 4.78 is 5.16. The molecule has 0 radical (unpaired) electrons. The molecule has 1 aromatic rings. The number of nitrogens with zero attached hydrogens (tertiary/aromatic N) is 2. The van der Waals surface area contributed by atoms with Crippen molar-refractivity contribution in [2.45, 2.75) is 24.6 Å². The minimum atomic E-state index is 0.0756. The third-order valence-electron chi connectivity index (χ3n) is 2.08. The van der Waals surface area contributed by atoms with Crippen molar-refractivity contribution >= 4 is 23.5 Å². The summed E-state index contributed by atoms with van der Waals surface area (Å²) in [6.45, 7) is 1.94. The first-order chi connectivity index (χ1) is 7.25. The minimum Gasteiger partial charge on any atom is -0.339 e. The lowest BCUT2D eigenvalue weighted by Gasteiger charge is -2.16. The van der Waals surface area contributed by atoms with Crippen LogP contribution in [0.3, 0.4) is 0 Å². The Morgan fingerprint density at radius 2 is 2.47 bits per heavy atom. The van der Waals surface area contributed by atoms with Gasteiger partial charge in [-0.1, -0.05) is 5.16 Å². The quantitative estimate of drug-likeness (QED) is 0.870. The fourth-order valence-corrected chi connectivity index (χ4v) is 3.98. The molecule has 0 spiro atoms. The summed E-state index contributed by atoms with van der Waals surface area (Å²) in [5.41, 5.74) is 5.68. The number of hydrogen-bond donors (Lipinski definition) is 1. The highest BCUT2D eigenvalue weighted by atomic mass is 32.2. The highest BCUT2D eigenvalue weighted by Gasteiger charge is 2.21. The second-order valence-corrected chi connectivity index (χ2v) is 6.12. The molecule has 6 heteroatoms. The van der Waals surface area contributed by atoms with Gasteiger partial charge >= 0.3 is 0 Å². The molecule has 2 heterocycles. The van der Waals surface area contributed by atoms with E-state index in [0.717, 1.165) is 11.6 Å². The topological polar surface area (TPSA) is 64.9 Å². The lowest BCUT2D eigenvalue weighted by atomic mass is 10.2. The van der Waals surface area contributed by atoms with Crippen molar-refractivity contribution in [3.05, 3.63) is 11.7 Å². The summed E-state index contributed by atoms with van der Waals surface area (Å²) in [5.74, 6) is 4.99. The van der Waals surface area contributed by atoms with Crippen LogP contribution in [0.15, 0.2) is 4.52 Å². The van der Waals surface area contributed by atoms with Gasteiger partial charge in [0.25, 0.3) is 0 Å². The first-order valence-electron chi connectivity index (χ1n) is 5.03. The van der Waals surface area contributed by atoms with E-state index >= 15 is 0 Å². The van der Waals surface area contributed by atoms with Crippen LogP contribution in [-0.2, 0) is 6.42 Å². The van der Waals surface area contributed by atoms with Crippen LogP contribution in [0.1, 0.15) is 23.9 Å². The summed E-state index contributed by atoms with van der Waals surface area (Å²) >= 11 is 3.87. The van der Waals surface area contributed by atoms with Crippen molar-refractivity contribution in [1.29, 1.82) is 0 Å². The van der Waals surface area contributed by atoms with E-state index < -0.39 is 0 Å². The molecule has 2 N–H and O–H groups in total. The highest BCUT2D eigenvalue weighted by molar-refractivity contribution is 8.06. The van der Waals surface area contributed by atoms with Gasteiger partial charge in [0, 0.05) is 29.7 Å². The molecule has 15 heavy (non-hydrogen) atoms. The molecule has 1 fully saturated rings. The van der Waals surface area contributed by atoms with E-state index in [1.165, 1.54) is 11.5 Å². The van der Waals surface area contributed by atoms with E-state index in [-0.39, 0.29) is 6.04 Å². The molecular weight excluding hydrogens is 230 g/mol. The monoisotopic (exact) mass is 245 g/mol. The van der Waals surface area contributed by atoms with E-state index in [1.807, 2.05) is 30.4 Å². The van der Waals surface area contributed by atoms with Crippen LogP contribution < -0.4 is 5.73 Å². The van der Waals surface area contributed by atoms with Gasteiger partial charge in [0.1, 0.15) is 0 Å². The Kier molecular flexibility index (Phi) is 3.93. The Morgan fingerprint density at radius 3 is 3.13 bits per heavy atom. The maximum absolute atomic E-state index is 5.68. The van der Waals surface area contributed by atoms with Gasteiger partial charge in [-0.05, 0) is 6.92 Å². The second kappa shape index (κ2) is 5.23. The second-order valence-electron chi connectivity index (χ2n) is 3.66. The van der Waals surface area contributed by atoms with Crippen LogP contribution in [0.5, 0.6) is 0 Å². The predicted molar refractivity (Wildman–Crippen MR) is 64.2 cm³/mol. The number of aromatic nitrogens is 2. The minimum absolute atomic E-state index is 0.0756. The van der Waals surface area contributed by atoms with E-state index in [2.05, 4.69) is 10.1 Å². The van der Waals surface area contributed by atoms with Gasteiger partial charge in [0.2, 0.25) is 5.89 Å². The van der Waals surface area contributed by atoms with Crippen LogP contribution in [-0.4, -0.2) is 33.4 Å². The predicted octanol–water partition coefficient (Wildman–Crippen LogP) is 1.48. The first-order valence-corrected chi connectivity index (χ1v) is 7.23. The van der Waals surface area contributed by atoms with Gasteiger partial charge in [-0.2, -0.15) is 16.7 Å². The van der Waals surface area contributed by atoms with Crippen LogP contribution in [0.25, 0.3) is 0 Å².